The molecular formula is C22H29N5O3. The number of carbonyl (C=O) groups excluding carboxylic acids is 1. The zero-order chi connectivity index (χ0) is 21.5. The third kappa shape index (κ3) is 5.00. The van der Waals surface area contributed by atoms with Crippen molar-refractivity contribution in [1.29, 1.82) is 0 Å². The summed E-state index contributed by atoms with van der Waals surface area (Å²) in [6, 6.07) is 7.27. The molecular weight excluding hydrogens is 382 g/mol. The average Bonchev–Trinajstić information content (AvgIpc) is 3.13. The Labute approximate surface area is 176 Å². The molecule has 0 unspecified atom stereocenters. The molecule has 0 aliphatic carbocycles. The number of fused-ring (bicyclic) bond motifs is 1. The minimum absolute atomic E-state index is 0.240. The minimum atomic E-state index is -0.278. The van der Waals surface area contributed by atoms with Crippen molar-refractivity contribution in [2.45, 2.75) is 46.1 Å². The zero-order valence-corrected chi connectivity index (χ0v) is 17.8. The Kier molecular flexibility index (Phi) is 7.11. The number of anilines is 2. The number of carbonyl (C=O) groups is 1. The molecule has 1 aromatic carbocycles. The maximum Gasteiger partial charge on any atom is 0.310 e. The summed E-state index contributed by atoms with van der Waals surface area (Å²) in [4.78, 5) is 20.4. The molecule has 3 aromatic rings. The van der Waals surface area contributed by atoms with Crippen molar-refractivity contribution in [3.63, 3.8) is 0 Å². The number of hydrogen-bond acceptors (Lipinski definition) is 7. The molecule has 0 saturated carbocycles. The Hall–Kier alpha value is -3.29. The van der Waals surface area contributed by atoms with E-state index in [-0.39, 0.29) is 11.9 Å². The van der Waals surface area contributed by atoms with E-state index in [9.17, 15) is 4.79 Å². The van der Waals surface area contributed by atoms with Gasteiger partial charge in [-0.2, -0.15) is 4.98 Å². The second-order valence-corrected chi connectivity index (χ2v) is 7.04. The number of unbranched alkanes of at least 4 members (excludes halogenated alkanes) is 2. The molecule has 0 fully saturated rings. The first-order valence-electron chi connectivity index (χ1n) is 10.3. The van der Waals surface area contributed by atoms with Gasteiger partial charge in [0.25, 0.3) is 0 Å². The summed E-state index contributed by atoms with van der Waals surface area (Å²) in [7, 11) is 1.62. The van der Waals surface area contributed by atoms with Gasteiger partial charge in [-0.15, -0.1) is 0 Å². The molecule has 0 aliphatic heterocycles. The fraction of sp³-hybridized carbons (Fsp3) is 0.409. The van der Waals surface area contributed by atoms with Crippen molar-refractivity contribution in [2.75, 3.05) is 24.7 Å². The van der Waals surface area contributed by atoms with Gasteiger partial charge in [-0.1, -0.05) is 26.7 Å². The van der Waals surface area contributed by atoms with E-state index in [1.165, 1.54) is 0 Å². The van der Waals surface area contributed by atoms with Crippen LogP contribution in [0.5, 0.6) is 11.5 Å². The third-order valence-electron chi connectivity index (χ3n) is 4.81. The van der Waals surface area contributed by atoms with Crippen LogP contribution in [-0.4, -0.2) is 34.2 Å². The molecule has 0 bridgehead atoms. The van der Waals surface area contributed by atoms with E-state index < -0.39 is 0 Å². The fourth-order valence-electron chi connectivity index (χ4n) is 3.29. The van der Waals surface area contributed by atoms with Crippen LogP contribution in [0.1, 0.15) is 45.1 Å². The number of rotatable bonds is 10. The second kappa shape index (κ2) is 9.96. The maximum absolute atomic E-state index is 11.7. The summed E-state index contributed by atoms with van der Waals surface area (Å²) >= 11 is 0. The van der Waals surface area contributed by atoms with Crippen LogP contribution in [0.4, 0.5) is 11.8 Å². The molecule has 0 saturated heterocycles. The molecule has 2 aromatic heterocycles. The number of methoxy groups -OCH3 is 1. The Balaban J connectivity index is 1.93. The van der Waals surface area contributed by atoms with Crippen LogP contribution < -0.4 is 20.5 Å². The van der Waals surface area contributed by atoms with Gasteiger partial charge in [-0.25, -0.2) is 4.98 Å². The Morgan fingerprint density at radius 1 is 1.20 bits per heavy atom. The third-order valence-corrected chi connectivity index (χ3v) is 4.81. The van der Waals surface area contributed by atoms with Gasteiger partial charge in [0.2, 0.25) is 5.95 Å². The van der Waals surface area contributed by atoms with Crippen molar-refractivity contribution in [3.05, 3.63) is 36.0 Å². The number of aromatic nitrogens is 3. The lowest BCUT2D eigenvalue weighted by Crippen LogP contribution is -2.10. The predicted molar refractivity (Wildman–Crippen MR) is 118 cm³/mol. The number of nitrogens with two attached hydrogens (primary N) is 1. The highest BCUT2D eigenvalue weighted by molar-refractivity contribution is 5.87. The van der Waals surface area contributed by atoms with Gasteiger partial charge < -0.3 is 25.1 Å². The number of ether oxygens (including phenoxy) is 2. The van der Waals surface area contributed by atoms with Crippen LogP contribution in [0.2, 0.25) is 0 Å². The van der Waals surface area contributed by atoms with E-state index in [1.54, 1.807) is 26.2 Å². The molecule has 0 radical (unpaired) electrons. The lowest BCUT2D eigenvalue weighted by Gasteiger charge is -2.14. The van der Waals surface area contributed by atoms with Crippen LogP contribution in [0.15, 0.2) is 30.5 Å². The van der Waals surface area contributed by atoms with Gasteiger partial charge in [0.05, 0.1) is 19.2 Å². The number of nitrogens with zero attached hydrogens (tertiary/aromatic N) is 3. The van der Waals surface area contributed by atoms with Crippen LogP contribution in [0, 0.1) is 0 Å². The van der Waals surface area contributed by atoms with Crippen LogP contribution >= 0.6 is 0 Å². The van der Waals surface area contributed by atoms with Crippen molar-refractivity contribution < 1.29 is 14.3 Å². The molecule has 8 heteroatoms. The molecule has 0 atom stereocenters. The van der Waals surface area contributed by atoms with Gasteiger partial charge in [0.15, 0.2) is 5.82 Å². The van der Waals surface area contributed by atoms with Gasteiger partial charge in [-0.3, -0.25) is 4.79 Å². The van der Waals surface area contributed by atoms with Crippen molar-refractivity contribution >= 4 is 28.8 Å². The molecule has 0 aliphatic rings. The molecule has 8 nitrogen and oxygen atoms in total. The monoisotopic (exact) mass is 411 g/mol. The lowest BCUT2D eigenvalue weighted by atomic mass is 10.2. The summed E-state index contributed by atoms with van der Waals surface area (Å²) in [6.07, 6.45) is 5.62. The molecule has 2 heterocycles. The summed E-state index contributed by atoms with van der Waals surface area (Å²) in [5, 5.41) is 3.40. The van der Waals surface area contributed by atoms with Crippen LogP contribution in [0.3, 0.4) is 0 Å². The van der Waals surface area contributed by atoms with Crippen molar-refractivity contribution in [1.82, 2.24) is 14.5 Å². The Bertz CT molecular complexity index is 1020. The Morgan fingerprint density at radius 3 is 2.77 bits per heavy atom. The van der Waals surface area contributed by atoms with Gasteiger partial charge >= 0.3 is 5.97 Å². The van der Waals surface area contributed by atoms with Crippen molar-refractivity contribution in [2.24, 2.45) is 0 Å². The fourth-order valence-corrected chi connectivity index (χ4v) is 3.29. The van der Waals surface area contributed by atoms with E-state index in [0.717, 1.165) is 42.4 Å². The van der Waals surface area contributed by atoms with Gasteiger partial charge in [-0.05, 0) is 30.7 Å². The molecule has 3 N–H and O–H groups in total. The molecule has 0 amide bonds. The molecule has 0 spiro atoms. The first kappa shape index (κ1) is 21.4. The first-order valence-corrected chi connectivity index (χ1v) is 10.3. The normalized spacial score (nSPS) is 10.9. The largest absolute Gasteiger partial charge is 0.496 e. The highest BCUT2D eigenvalue weighted by Crippen LogP contribution is 2.29. The summed E-state index contributed by atoms with van der Waals surface area (Å²) in [5.74, 6) is 1.88. The standard InChI is InChI=1S/C22H29N5O3/c1-4-6-7-11-24-21-20-17(25-22(23)26-21)10-12-27(20)14-15-13-16(30-19(28)5-2)8-9-18(15)29-3/h8-10,12-13H,4-7,11,14H2,1-3H3,(H3,23,24,25,26). The smallest absolute Gasteiger partial charge is 0.310 e. The summed E-state index contributed by atoms with van der Waals surface area (Å²) in [6.45, 7) is 5.25. The lowest BCUT2D eigenvalue weighted by molar-refractivity contribution is -0.134. The average molecular weight is 412 g/mol. The maximum atomic E-state index is 11.7. The van der Waals surface area contributed by atoms with Gasteiger partial charge in [0, 0.05) is 24.7 Å². The van der Waals surface area contributed by atoms with E-state index >= 15 is 0 Å². The molecule has 3 rings (SSSR count). The number of nitrogen functional groups attached to an aromatic ring is 1. The second-order valence-electron chi connectivity index (χ2n) is 7.04. The van der Waals surface area contributed by atoms with E-state index in [0.29, 0.717) is 30.3 Å². The van der Waals surface area contributed by atoms with E-state index in [4.69, 9.17) is 15.2 Å². The summed E-state index contributed by atoms with van der Waals surface area (Å²) in [5.41, 5.74) is 8.43. The highest BCUT2D eigenvalue weighted by Gasteiger charge is 2.14. The highest BCUT2D eigenvalue weighted by atomic mass is 16.5. The topological polar surface area (TPSA) is 104 Å². The SMILES string of the molecule is CCCCCNc1nc(N)nc2ccn(Cc3cc(OC(=O)CC)ccc3OC)c12. The number of hydrogen-bond donors (Lipinski definition) is 2. The Morgan fingerprint density at radius 2 is 2.03 bits per heavy atom. The first-order chi connectivity index (χ1) is 14.5. The molecule has 30 heavy (non-hydrogen) atoms. The van der Waals surface area contributed by atoms with Crippen LogP contribution in [-0.2, 0) is 11.3 Å². The zero-order valence-electron chi connectivity index (χ0n) is 17.8. The predicted octanol–water partition coefficient (Wildman–Crippen LogP) is 3.99. The van der Waals surface area contributed by atoms with Crippen LogP contribution in [0.25, 0.3) is 11.0 Å². The number of benzene rings is 1. The van der Waals surface area contributed by atoms with E-state index in [2.05, 4.69) is 22.2 Å². The van der Waals surface area contributed by atoms with E-state index in [1.807, 2.05) is 22.9 Å². The number of esters is 1. The quantitative estimate of drug-likeness (QED) is 0.295. The minimum Gasteiger partial charge on any atom is -0.496 e. The van der Waals surface area contributed by atoms with Crippen molar-refractivity contribution in [3.8, 4) is 11.5 Å². The van der Waals surface area contributed by atoms with Gasteiger partial charge in [0.1, 0.15) is 17.0 Å². The number of nitrogens with one attached hydrogen (secondary N) is 1. The summed E-state index contributed by atoms with van der Waals surface area (Å²) < 4.78 is 12.9. The molecule has 160 valence electrons.